The van der Waals surface area contributed by atoms with Gasteiger partial charge in [0, 0.05) is 29.8 Å². The molecule has 0 bridgehead atoms. The van der Waals surface area contributed by atoms with Crippen LogP contribution >= 0.6 is 0 Å². The van der Waals surface area contributed by atoms with Crippen LogP contribution in [0.4, 0.5) is 0 Å². The van der Waals surface area contributed by atoms with E-state index in [0.717, 1.165) is 28.0 Å². The number of fused-ring (bicyclic) bond motifs is 1. The van der Waals surface area contributed by atoms with Crippen LogP contribution in [-0.4, -0.2) is 41.0 Å². The molecule has 1 atom stereocenters. The number of aromatic nitrogens is 6. The van der Waals surface area contributed by atoms with Gasteiger partial charge in [0.2, 0.25) is 0 Å². The van der Waals surface area contributed by atoms with E-state index in [4.69, 9.17) is 14.2 Å². The van der Waals surface area contributed by atoms with Crippen LogP contribution in [0.3, 0.4) is 0 Å². The Hall–Kier alpha value is -4.60. The van der Waals surface area contributed by atoms with Crippen molar-refractivity contribution < 1.29 is 19.2 Å². The molecule has 0 saturated heterocycles. The topological polar surface area (TPSA) is 129 Å². The average molecular weight is 456 g/mol. The second-order valence-corrected chi connectivity index (χ2v) is 7.65. The van der Waals surface area contributed by atoms with Gasteiger partial charge in [0.05, 0.1) is 42.4 Å². The van der Waals surface area contributed by atoms with Crippen molar-refractivity contribution >= 4 is 17.0 Å². The standard InChI is InChI=1S/C24H20N6O4/c31-23(32)11-21(22-7-10-34-29-22)16-2-5-20(6-3-16)33-15-18-4-1-17-12-27-30(24(17)28-18)14-19-13-25-8-9-26-19/h1-10,12-13,21H,11,14-15H2,(H,31,32)/t21-/m0/s1. The van der Waals surface area contributed by atoms with Crippen LogP contribution in [-0.2, 0) is 17.9 Å². The highest BCUT2D eigenvalue weighted by Gasteiger charge is 2.20. The van der Waals surface area contributed by atoms with Crippen LogP contribution in [0.15, 0.2) is 78.0 Å². The monoisotopic (exact) mass is 456 g/mol. The molecule has 0 aliphatic carbocycles. The van der Waals surface area contributed by atoms with Crippen molar-refractivity contribution in [3.8, 4) is 5.75 Å². The number of carboxylic acid groups (broad SMARTS) is 1. The molecular weight excluding hydrogens is 436 g/mol. The molecule has 34 heavy (non-hydrogen) atoms. The molecule has 0 radical (unpaired) electrons. The fraction of sp³-hybridized carbons (Fsp3) is 0.167. The highest BCUT2D eigenvalue weighted by Crippen LogP contribution is 2.28. The predicted octanol–water partition coefficient (Wildman–Crippen LogP) is 3.44. The lowest BCUT2D eigenvalue weighted by molar-refractivity contribution is -0.137. The third-order valence-electron chi connectivity index (χ3n) is 5.33. The minimum atomic E-state index is -0.909. The van der Waals surface area contributed by atoms with Gasteiger partial charge in [-0.3, -0.25) is 14.8 Å². The highest BCUT2D eigenvalue weighted by molar-refractivity contribution is 5.74. The smallest absolute Gasteiger partial charge is 0.304 e. The predicted molar refractivity (Wildman–Crippen MR) is 120 cm³/mol. The number of pyridine rings is 1. The summed E-state index contributed by atoms with van der Waals surface area (Å²) in [7, 11) is 0. The molecule has 5 aromatic rings. The van der Waals surface area contributed by atoms with Crippen molar-refractivity contribution in [2.75, 3.05) is 0 Å². The van der Waals surface area contributed by atoms with Crippen molar-refractivity contribution in [1.29, 1.82) is 0 Å². The van der Waals surface area contributed by atoms with Crippen LogP contribution < -0.4 is 4.74 Å². The van der Waals surface area contributed by atoms with Crippen LogP contribution in [0.25, 0.3) is 11.0 Å². The van der Waals surface area contributed by atoms with Gasteiger partial charge in [-0.05, 0) is 29.8 Å². The number of nitrogens with zero attached hydrogens (tertiary/aromatic N) is 6. The fourth-order valence-corrected chi connectivity index (χ4v) is 3.68. The molecule has 10 heteroatoms. The Kier molecular flexibility index (Phi) is 5.93. The summed E-state index contributed by atoms with van der Waals surface area (Å²) in [4.78, 5) is 24.4. The van der Waals surface area contributed by atoms with Crippen molar-refractivity contribution in [3.63, 3.8) is 0 Å². The molecule has 0 unspecified atom stereocenters. The number of aliphatic carboxylic acids is 1. The van der Waals surface area contributed by atoms with Crippen LogP contribution in [0.1, 0.15) is 35.0 Å². The summed E-state index contributed by atoms with van der Waals surface area (Å²) < 4.78 is 12.6. The largest absolute Gasteiger partial charge is 0.487 e. The van der Waals surface area contributed by atoms with Gasteiger partial charge in [0.25, 0.3) is 0 Å². The number of ether oxygens (including phenoxy) is 1. The van der Waals surface area contributed by atoms with E-state index in [0.29, 0.717) is 18.0 Å². The maximum absolute atomic E-state index is 11.3. The summed E-state index contributed by atoms with van der Waals surface area (Å²) in [6.07, 6.45) is 8.10. The van der Waals surface area contributed by atoms with E-state index in [-0.39, 0.29) is 13.0 Å². The van der Waals surface area contributed by atoms with Crippen LogP contribution in [0.5, 0.6) is 5.75 Å². The number of hydrogen-bond donors (Lipinski definition) is 1. The Morgan fingerprint density at radius 3 is 2.68 bits per heavy atom. The zero-order valence-electron chi connectivity index (χ0n) is 18.0. The summed E-state index contributed by atoms with van der Waals surface area (Å²) in [6, 6.07) is 12.8. The number of rotatable bonds is 9. The lowest BCUT2D eigenvalue weighted by Gasteiger charge is -2.13. The lowest BCUT2D eigenvalue weighted by Crippen LogP contribution is -2.08. The minimum absolute atomic E-state index is 0.0844. The summed E-state index contributed by atoms with van der Waals surface area (Å²) in [5.74, 6) is -0.662. The Morgan fingerprint density at radius 1 is 1.06 bits per heavy atom. The molecule has 4 heterocycles. The fourth-order valence-electron chi connectivity index (χ4n) is 3.68. The number of carbonyl (C=O) groups is 1. The third-order valence-corrected chi connectivity index (χ3v) is 5.33. The second-order valence-electron chi connectivity index (χ2n) is 7.65. The number of benzene rings is 1. The van der Waals surface area contributed by atoms with Gasteiger partial charge in [0.15, 0.2) is 5.65 Å². The Morgan fingerprint density at radius 2 is 1.94 bits per heavy atom. The molecule has 5 rings (SSSR count). The van der Waals surface area contributed by atoms with Gasteiger partial charge in [0.1, 0.15) is 18.6 Å². The molecule has 0 fully saturated rings. The molecule has 1 aromatic carbocycles. The maximum atomic E-state index is 11.3. The summed E-state index contributed by atoms with van der Waals surface area (Å²) in [6.45, 7) is 0.743. The van der Waals surface area contributed by atoms with Crippen LogP contribution in [0.2, 0.25) is 0 Å². The van der Waals surface area contributed by atoms with E-state index in [1.807, 2.05) is 24.3 Å². The molecule has 0 aliphatic rings. The van der Waals surface area contributed by atoms with Gasteiger partial charge in [-0.15, -0.1) is 0 Å². The van der Waals surface area contributed by atoms with Crippen LogP contribution in [0, 0.1) is 0 Å². The molecule has 0 saturated carbocycles. The average Bonchev–Trinajstić information content (AvgIpc) is 3.53. The highest BCUT2D eigenvalue weighted by atomic mass is 16.5. The number of hydrogen-bond acceptors (Lipinski definition) is 8. The molecule has 170 valence electrons. The third kappa shape index (κ3) is 4.75. The molecule has 1 N–H and O–H groups in total. The SMILES string of the molecule is O=C(O)C[C@@H](c1ccc(OCc2ccc3cnn(Cc4cnccn4)c3n2)cc1)c1ccon1. The van der Waals surface area contributed by atoms with E-state index in [1.165, 1.54) is 6.26 Å². The first kappa shape index (κ1) is 21.3. The number of carboxylic acids is 1. The van der Waals surface area contributed by atoms with E-state index in [1.54, 1.807) is 47.7 Å². The van der Waals surface area contributed by atoms with Crippen molar-refractivity contribution in [2.45, 2.75) is 25.5 Å². The zero-order valence-corrected chi connectivity index (χ0v) is 18.0. The van der Waals surface area contributed by atoms with E-state index >= 15 is 0 Å². The van der Waals surface area contributed by atoms with Gasteiger partial charge in [-0.25, -0.2) is 9.67 Å². The molecule has 0 amide bonds. The first-order chi connectivity index (χ1) is 16.7. The van der Waals surface area contributed by atoms with Gasteiger partial charge in [-0.2, -0.15) is 5.10 Å². The Labute approximate surface area is 193 Å². The van der Waals surface area contributed by atoms with Crippen molar-refractivity contribution in [3.05, 3.63) is 96.2 Å². The Balaban J connectivity index is 1.28. The Bertz CT molecular complexity index is 1380. The van der Waals surface area contributed by atoms with Gasteiger partial charge < -0.3 is 14.4 Å². The zero-order chi connectivity index (χ0) is 23.3. The molecular formula is C24H20N6O4. The van der Waals surface area contributed by atoms with E-state index < -0.39 is 11.9 Å². The molecule has 0 spiro atoms. The molecule has 0 aliphatic heterocycles. The molecule has 10 nitrogen and oxygen atoms in total. The van der Waals surface area contributed by atoms with Gasteiger partial charge >= 0.3 is 5.97 Å². The molecule has 4 aromatic heterocycles. The maximum Gasteiger partial charge on any atom is 0.304 e. The van der Waals surface area contributed by atoms with E-state index in [9.17, 15) is 9.90 Å². The second kappa shape index (κ2) is 9.49. The van der Waals surface area contributed by atoms with E-state index in [2.05, 4.69) is 20.2 Å². The van der Waals surface area contributed by atoms with Gasteiger partial charge in [-0.1, -0.05) is 17.3 Å². The minimum Gasteiger partial charge on any atom is -0.487 e. The first-order valence-electron chi connectivity index (χ1n) is 10.6. The summed E-state index contributed by atoms with van der Waals surface area (Å²) in [5, 5.41) is 18.5. The lowest BCUT2D eigenvalue weighted by atomic mass is 9.92. The normalized spacial score (nSPS) is 12.0. The summed E-state index contributed by atoms with van der Waals surface area (Å²) in [5.41, 5.74) is 3.68. The summed E-state index contributed by atoms with van der Waals surface area (Å²) >= 11 is 0. The first-order valence-corrected chi connectivity index (χ1v) is 10.6. The van der Waals surface area contributed by atoms with Crippen molar-refractivity contribution in [2.24, 2.45) is 0 Å². The quantitative estimate of drug-likeness (QED) is 0.354. The van der Waals surface area contributed by atoms with Crippen molar-refractivity contribution in [1.82, 2.24) is 29.9 Å².